The molecule has 1 heterocycles. The van der Waals surface area contributed by atoms with Crippen LogP contribution >= 0.6 is 0 Å². The van der Waals surface area contributed by atoms with E-state index in [9.17, 15) is 4.79 Å². The fraction of sp³-hybridized carbons (Fsp3) is 0.417. The monoisotopic (exact) mass is 220 g/mol. The van der Waals surface area contributed by atoms with Crippen molar-refractivity contribution in [2.75, 3.05) is 10.8 Å². The van der Waals surface area contributed by atoms with E-state index in [1.807, 2.05) is 26.0 Å². The summed E-state index contributed by atoms with van der Waals surface area (Å²) in [5, 5.41) is 1.32. The van der Waals surface area contributed by atoms with Gasteiger partial charge in [0.25, 0.3) is 5.91 Å². The third-order valence-electron chi connectivity index (χ3n) is 2.97. The molecule has 1 aliphatic heterocycles. The minimum absolute atomic E-state index is 0.0396. The number of hydrogen-bond donors (Lipinski definition) is 1. The van der Waals surface area contributed by atoms with Gasteiger partial charge in [-0.2, -0.15) is 5.06 Å². The van der Waals surface area contributed by atoms with Crippen molar-refractivity contribution in [1.29, 1.82) is 0 Å². The lowest BCUT2D eigenvalue weighted by atomic mass is 10.0. The highest BCUT2D eigenvalue weighted by atomic mass is 16.7. The van der Waals surface area contributed by atoms with Crippen molar-refractivity contribution in [2.45, 2.75) is 32.3 Å². The highest BCUT2D eigenvalue weighted by Gasteiger charge is 2.41. The molecule has 1 fully saturated rings. The second-order valence-electron chi connectivity index (χ2n) is 4.32. The van der Waals surface area contributed by atoms with E-state index >= 15 is 0 Å². The van der Waals surface area contributed by atoms with Crippen molar-refractivity contribution < 1.29 is 9.63 Å². The van der Waals surface area contributed by atoms with Gasteiger partial charge in [-0.15, -0.1) is 0 Å². The first-order valence-corrected chi connectivity index (χ1v) is 5.42. The number of nitrogens with two attached hydrogens (primary N) is 1. The smallest absolute Gasteiger partial charge is 0.253 e. The lowest BCUT2D eigenvalue weighted by Gasteiger charge is -2.23. The molecule has 1 atom stereocenters. The van der Waals surface area contributed by atoms with Crippen LogP contribution in [0.2, 0.25) is 0 Å². The van der Waals surface area contributed by atoms with Crippen molar-refractivity contribution in [3.8, 4) is 0 Å². The van der Waals surface area contributed by atoms with Crippen LogP contribution in [0.25, 0.3) is 0 Å². The van der Waals surface area contributed by atoms with Crippen molar-refractivity contribution >= 4 is 17.3 Å². The number of nitrogens with zero attached hydrogens (tertiary/aromatic N) is 1. The standard InChI is InChI=1S/C12H16N2O2/c1-3-12(2)8-11(15)14(16-12)10-7-5-4-6-9(10)13/h4-7H,3,8,13H2,1-2H3. The molecule has 1 aliphatic rings. The maximum Gasteiger partial charge on any atom is 0.253 e. The molecule has 1 unspecified atom stereocenters. The van der Waals surface area contributed by atoms with E-state index in [4.69, 9.17) is 10.6 Å². The number of nitrogen functional groups attached to an aromatic ring is 1. The zero-order valence-corrected chi connectivity index (χ0v) is 9.56. The Morgan fingerprint density at radius 1 is 1.50 bits per heavy atom. The molecule has 0 bridgehead atoms. The zero-order valence-electron chi connectivity index (χ0n) is 9.56. The Kier molecular flexibility index (Phi) is 2.59. The topological polar surface area (TPSA) is 55.6 Å². The summed E-state index contributed by atoms with van der Waals surface area (Å²) in [6.45, 7) is 3.94. The maximum absolute atomic E-state index is 11.8. The summed E-state index contributed by atoms with van der Waals surface area (Å²) in [6.07, 6.45) is 1.19. The Morgan fingerprint density at radius 2 is 2.19 bits per heavy atom. The predicted octanol–water partition coefficient (Wildman–Crippen LogP) is 2.11. The third-order valence-corrected chi connectivity index (χ3v) is 2.97. The molecule has 2 N–H and O–H groups in total. The van der Waals surface area contributed by atoms with E-state index in [0.717, 1.165) is 6.42 Å². The lowest BCUT2D eigenvalue weighted by molar-refractivity contribution is -0.119. The van der Waals surface area contributed by atoms with Gasteiger partial charge in [0.1, 0.15) is 5.60 Å². The van der Waals surface area contributed by atoms with Crippen LogP contribution in [0.5, 0.6) is 0 Å². The number of rotatable bonds is 2. The SMILES string of the molecule is CCC1(C)CC(=O)N(c2ccccc2N)O1. The Hall–Kier alpha value is -1.55. The van der Waals surface area contributed by atoms with Crippen LogP contribution in [0.4, 0.5) is 11.4 Å². The summed E-state index contributed by atoms with van der Waals surface area (Å²) in [7, 11) is 0. The Balaban J connectivity index is 2.31. The van der Waals surface area contributed by atoms with Crippen LogP contribution in [0, 0.1) is 0 Å². The van der Waals surface area contributed by atoms with Gasteiger partial charge in [-0.05, 0) is 25.5 Å². The second kappa shape index (κ2) is 3.79. The number of anilines is 2. The number of benzene rings is 1. The molecule has 0 radical (unpaired) electrons. The van der Waals surface area contributed by atoms with E-state index in [1.165, 1.54) is 5.06 Å². The van der Waals surface area contributed by atoms with Crippen molar-refractivity contribution in [2.24, 2.45) is 0 Å². The van der Waals surface area contributed by atoms with Gasteiger partial charge in [0.05, 0.1) is 17.8 Å². The average molecular weight is 220 g/mol. The van der Waals surface area contributed by atoms with E-state index in [2.05, 4.69) is 0 Å². The van der Waals surface area contributed by atoms with Gasteiger partial charge in [0.2, 0.25) is 0 Å². The van der Waals surface area contributed by atoms with Crippen molar-refractivity contribution in [3.63, 3.8) is 0 Å². The fourth-order valence-electron chi connectivity index (χ4n) is 1.74. The molecule has 1 saturated heterocycles. The summed E-state index contributed by atoms with van der Waals surface area (Å²) in [6, 6.07) is 7.21. The summed E-state index contributed by atoms with van der Waals surface area (Å²) < 4.78 is 0. The fourth-order valence-corrected chi connectivity index (χ4v) is 1.74. The predicted molar refractivity (Wildman–Crippen MR) is 62.7 cm³/mol. The zero-order chi connectivity index (χ0) is 11.8. The van der Waals surface area contributed by atoms with Gasteiger partial charge in [-0.25, -0.2) is 0 Å². The van der Waals surface area contributed by atoms with E-state index in [0.29, 0.717) is 17.8 Å². The van der Waals surface area contributed by atoms with Crippen LogP contribution in [0.3, 0.4) is 0 Å². The highest BCUT2D eigenvalue weighted by Crippen LogP contribution is 2.35. The molecule has 0 aromatic heterocycles. The molecule has 0 spiro atoms. The van der Waals surface area contributed by atoms with E-state index < -0.39 is 5.60 Å². The molecule has 86 valence electrons. The molecular formula is C12H16N2O2. The first-order valence-electron chi connectivity index (χ1n) is 5.42. The molecule has 0 saturated carbocycles. The number of hydroxylamine groups is 1. The van der Waals surface area contributed by atoms with Gasteiger partial charge >= 0.3 is 0 Å². The number of carbonyl (C=O) groups excluding carboxylic acids is 1. The average Bonchev–Trinajstić information content (AvgIpc) is 2.56. The largest absolute Gasteiger partial charge is 0.397 e. The molecular weight excluding hydrogens is 204 g/mol. The molecule has 0 aliphatic carbocycles. The highest BCUT2D eigenvalue weighted by molar-refractivity contribution is 5.96. The van der Waals surface area contributed by atoms with Crippen LogP contribution in [0.15, 0.2) is 24.3 Å². The molecule has 1 amide bonds. The number of amides is 1. The lowest BCUT2D eigenvalue weighted by Crippen LogP contribution is -2.27. The summed E-state index contributed by atoms with van der Waals surface area (Å²) in [5.74, 6) is -0.0396. The Morgan fingerprint density at radius 3 is 2.75 bits per heavy atom. The summed E-state index contributed by atoms with van der Waals surface area (Å²) in [4.78, 5) is 17.5. The normalized spacial score (nSPS) is 25.1. The van der Waals surface area contributed by atoms with Crippen LogP contribution < -0.4 is 10.8 Å². The van der Waals surface area contributed by atoms with Crippen LogP contribution in [-0.2, 0) is 9.63 Å². The van der Waals surface area contributed by atoms with E-state index in [1.54, 1.807) is 12.1 Å². The summed E-state index contributed by atoms with van der Waals surface area (Å²) in [5.41, 5.74) is 6.60. The summed E-state index contributed by atoms with van der Waals surface area (Å²) >= 11 is 0. The van der Waals surface area contributed by atoms with Gasteiger partial charge in [-0.1, -0.05) is 19.1 Å². The van der Waals surface area contributed by atoms with Gasteiger partial charge < -0.3 is 5.73 Å². The van der Waals surface area contributed by atoms with Crippen molar-refractivity contribution in [1.82, 2.24) is 0 Å². The molecule has 2 rings (SSSR count). The second-order valence-corrected chi connectivity index (χ2v) is 4.32. The van der Waals surface area contributed by atoms with Gasteiger partial charge in [0.15, 0.2) is 0 Å². The van der Waals surface area contributed by atoms with Crippen molar-refractivity contribution in [3.05, 3.63) is 24.3 Å². The number of hydrogen-bond acceptors (Lipinski definition) is 3. The number of carbonyl (C=O) groups is 1. The van der Waals surface area contributed by atoms with Gasteiger partial charge in [0, 0.05) is 0 Å². The third kappa shape index (κ3) is 1.76. The Labute approximate surface area is 94.9 Å². The quantitative estimate of drug-likeness (QED) is 0.776. The minimum atomic E-state index is -0.403. The first-order chi connectivity index (χ1) is 7.56. The molecule has 1 aromatic carbocycles. The molecule has 16 heavy (non-hydrogen) atoms. The Bertz CT molecular complexity index is 419. The van der Waals surface area contributed by atoms with Crippen LogP contribution in [0.1, 0.15) is 26.7 Å². The van der Waals surface area contributed by atoms with Gasteiger partial charge in [-0.3, -0.25) is 9.63 Å². The molecule has 4 nitrogen and oxygen atoms in total. The molecule has 4 heteroatoms. The first kappa shape index (κ1) is 11.0. The maximum atomic E-state index is 11.8. The molecule has 1 aromatic rings. The van der Waals surface area contributed by atoms with E-state index in [-0.39, 0.29) is 5.91 Å². The van der Waals surface area contributed by atoms with Crippen LogP contribution in [-0.4, -0.2) is 11.5 Å². The minimum Gasteiger partial charge on any atom is -0.397 e. The number of para-hydroxylation sites is 2.